The maximum Gasteiger partial charge on any atom is 0.101 e. The summed E-state index contributed by atoms with van der Waals surface area (Å²) in [6.07, 6.45) is 0.106. The molecule has 0 aliphatic carbocycles. The number of ether oxygens (including phenoxy) is 1. The van der Waals surface area contributed by atoms with Crippen LogP contribution in [0.25, 0.3) is 0 Å². The van der Waals surface area contributed by atoms with E-state index >= 15 is 0 Å². The fraction of sp³-hybridized carbons (Fsp3) is 0.364. The first-order chi connectivity index (χ1) is 7.17. The molecule has 1 unspecified atom stereocenters. The van der Waals surface area contributed by atoms with Gasteiger partial charge in [0.05, 0.1) is 17.4 Å². The second-order valence-electron chi connectivity index (χ2n) is 3.34. The van der Waals surface area contributed by atoms with Crippen molar-refractivity contribution in [3.05, 3.63) is 23.8 Å². The summed E-state index contributed by atoms with van der Waals surface area (Å²) in [5.74, 6) is 0. The first-order valence-corrected chi connectivity index (χ1v) is 4.73. The molecule has 0 saturated carbocycles. The highest BCUT2D eigenvalue weighted by Crippen LogP contribution is 2.17. The molecule has 4 heteroatoms. The van der Waals surface area contributed by atoms with Crippen LogP contribution < -0.4 is 11.1 Å². The molecule has 1 aromatic carbocycles. The SMILES string of the molecule is COC(C)CNc1ccc(N)cc1C#N. The van der Waals surface area contributed by atoms with Crippen molar-refractivity contribution in [2.75, 3.05) is 24.7 Å². The van der Waals surface area contributed by atoms with Crippen LogP contribution in [-0.4, -0.2) is 19.8 Å². The van der Waals surface area contributed by atoms with Crippen LogP contribution in [0.15, 0.2) is 18.2 Å². The van der Waals surface area contributed by atoms with E-state index in [0.717, 1.165) is 5.69 Å². The van der Waals surface area contributed by atoms with E-state index in [9.17, 15) is 0 Å². The number of hydrogen-bond donors (Lipinski definition) is 2. The van der Waals surface area contributed by atoms with E-state index in [1.807, 2.05) is 6.92 Å². The largest absolute Gasteiger partial charge is 0.399 e. The first kappa shape index (κ1) is 11.3. The Morgan fingerprint density at radius 1 is 1.60 bits per heavy atom. The third kappa shape index (κ3) is 3.15. The molecule has 0 aliphatic heterocycles. The number of nitriles is 1. The van der Waals surface area contributed by atoms with Gasteiger partial charge < -0.3 is 15.8 Å². The molecular formula is C11H15N3O. The molecule has 0 aliphatic rings. The van der Waals surface area contributed by atoms with Gasteiger partial charge in [-0.1, -0.05) is 0 Å². The van der Waals surface area contributed by atoms with E-state index in [4.69, 9.17) is 15.7 Å². The minimum atomic E-state index is 0.106. The number of methoxy groups -OCH3 is 1. The van der Waals surface area contributed by atoms with Crippen LogP contribution in [0.2, 0.25) is 0 Å². The Balaban J connectivity index is 2.73. The molecule has 3 N–H and O–H groups in total. The second-order valence-corrected chi connectivity index (χ2v) is 3.34. The molecular weight excluding hydrogens is 190 g/mol. The number of nitrogens with zero attached hydrogens (tertiary/aromatic N) is 1. The Morgan fingerprint density at radius 2 is 2.33 bits per heavy atom. The van der Waals surface area contributed by atoms with Gasteiger partial charge >= 0.3 is 0 Å². The summed E-state index contributed by atoms with van der Waals surface area (Å²) in [7, 11) is 1.65. The lowest BCUT2D eigenvalue weighted by Gasteiger charge is -2.13. The Labute approximate surface area is 89.7 Å². The third-order valence-corrected chi connectivity index (χ3v) is 2.15. The van der Waals surface area contributed by atoms with Gasteiger partial charge in [0.1, 0.15) is 6.07 Å². The quantitative estimate of drug-likeness (QED) is 0.732. The zero-order valence-electron chi connectivity index (χ0n) is 8.95. The van der Waals surface area contributed by atoms with Crippen LogP contribution in [0.5, 0.6) is 0 Å². The molecule has 15 heavy (non-hydrogen) atoms. The maximum absolute atomic E-state index is 8.89. The average molecular weight is 205 g/mol. The number of nitrogen functional groups attached to an aromatic ring is 1. The van der Waals surface area contributed by atoms with Gasteiger partial charge in [0.25, 0.3) is 0 Å². The molecule has 1 rings (SSSR count). The highest BCUT2D eigenvalue weighted by atomic mass is 16.5. The lowest BCUT2D eigenvalue weighted by atomic mass is 10.1. The fourth-order valence-corrected chi connectivity index (χ4v) is 1.15. The van der Waals surface area contributed by atoms with Crippen LogP contribution in [0.3, 0.4) is 0 Å². The van der Waals surface area contributed by atoms with Gasteiger partial charge in [-0.3, -0.25) is 0 Å². The topological polar surface area (TPSA) is 71.1 Å². The summed E-state index contributed by atoms with van der Waals surface area (Å²) in [5.41, 5.74) is 7.52. The van der Waals surface area contributed by atoms with Gasteiger partial charge in [0.2, 0.25) is 0 Å². The molecule has 0 saturated heterocycles. The third-order valence-electron chi connectivity index (χ3n) is 2.15. The molecule has 1 atom stereocenters. The molecule has 0 bridgehead atoms. The molecule has 0 aromatic heterocycles. The van der Waals surface area contributed by atoms with Gasteiger partial charge in [0.15, 0.2) is 0 Å². The smallest absolute Gasteiger partial charge is 0.101 e. The van der Waals surface area contributed by atoms with Crippen molar-refractivity contribution in [2.24, 2.45) is 0 Å². The summed E-state index contributed by atoms with van der Waals surface area (Å²) in [6.45, 7) is 2.62. The van der Waals surface area contributed by atoms with Gasteiger partial charge in [-0.2, -0.15) is 5.26 Å². The maximum atomic E-state index is 8.89. The lowest BCUT2D eigenvalue weighted by Crippen LogP contribution is -2.18. The Hall–Kier alpha value is -1.73. The monoisotopic (exact) mass is 205 g/mol. The highest BCUT2D eigenvalue weighted by Gasteiger charge is 2.04. The first-order valence-electron chi connectivity index (χ1n) is 4.73. The van der Waals surface area contributed by atoms with Crippen molar-refractivity contribution in [3.8, 4) is 6.07 Å². The van der Waals surface area contributed by atoms with E-state index in [0.29, 0.717) is 17.8 Å². The summed E-state index contributed by atoms with van der Waals surface area (Å²) in [5, 5.41) is 12.0. The van der Waals surface area contributed by atoms with E-state index in [1.54, 1.807) is 25.3 Å². The summed E-state index contributed by atoms with van der Waals surface area (Å²) in [6, 6.07) is 7.31. The molecule has 0 amide bonds. The standard InChI is InChI=1S/C11H15N3O/c1-8(15-2)7-14-11-4-3-10(13)5-9(11)6-12/h3-5,8,14H,7,13H2,1-2H3. The molecule has 0 spiro atoms. The van der Waals surface area contributed by atoms with E-state index < -0.39 is 0 Å². The molecule has 0 fully saturated rings. The second kappa shape index (κ2) is 5.23. The van der Waals surface area contributed by atoms with Crippen LogP contribution in [-0.2, 0) is 4.74 Å². The van der Waals surface area contributed by atoms with Crippen molar-refractivity contribution >= 4 is 11.4 Å². The van der Waals surface area contributed by atoms with Crippen molar-refractivity contribution in [3.63, 3.8) is 0 Å². The normalized spacial score (nSPS) is 11.8. The Bertz CT molecular complexity index is 371. The lowest BCUT2D eigenvalue weighted by molar-refractivity contribution is 0.129. The molecule has 80 valence electrons. The predicted molar refractivity (Wildman–Crippen MR) is 60.5 cm³/mol. The number of nitrogens with two attached hydrogens (primary N) is 1. The number of hydrogen-bond acceptors (Lipinski definition) is 4. The Kier molecular flexibility index (Phi) is 3.95. The van der Waals surface area contributed by atoms with E-state index in [1.165, 1.54) is 0 Å². The van der Waals surface area contributed by atoms with Gasteiger partial charge in [-0.25, -0.2) is 0 Å². The highest BCUT2D eigenvalue weighted by molar-refractivity contribution is 5.62. The van der Waals surface area contributed by atoms with Crippen LogP contribution in [0.4, 0.5) is 11.4 Å². The zero-order chi connectivity index (χ0) is 11.3. The average Bonchev–Trinajstić information content (AvgIpc) is 2.26. The molecule has 1 aromatic rings. The minimum Gasteiger partial charge on any atom is -0.399 e. The van der Waals surface area contributed by atoms with Crippen molar-refractivity contribution in [1.29, 1.82) is 5.26 Å². The van der Waals surface area contributed by atoms with Gasteiger partial charge in [0, 0.05) is 19.3 Å². The molecule has 4 nitrogen and oxygen atoms in total. The number of rotatable bonds is 4. The van der Waals surface area contributed by atoms with Crippen LogP contribution >= 0.6 is 0 Å². The van der Waals surface area contributed by atoms with Crippen molar-refractivity contribution in [1.82, 2.24) is 0 Å². The predicted octanol–water partition coefficient (Wildman–Crippen LogP) is 1.59. The molecule has 0 radical (unpaired) electrons. The summed E-state index contributed by atoms with van der Waals surface area (Å²) in [4.78, 5) is 0. The van der Waals surface area contributed by atoms with Gasteiger partial charge in [-0.05, 0) is 25.1 Å². The summed E-state index contributed by atoms with van der Waals surface area (Å²) < 4.78 is 5.10. The van der Waals surface area contributed by atoms with Crippen molar-refractivity contribution in [2.45, 2.75) is 13.0 Å². The van der Waals surface area contributed by atoms with Gasteiger partial charge in [-0.15, -0.1) is 0 Å². The van der Waals surface area contributed by atoms with E-state index in [2.05, 4.69) is 11.4 Å². The number of nitrogens with one attached hydrogen (secondary N) is 1. The van der Waals surface area contributed by atoms with Crippen molar-refractivity contribution < 1.29 is 4.74 Å². The fourth-order valence-electron chi connectivity index (χ4n) is 1.15. The number of anilines is 2. The minimum absolute atomic E-state index is 0.106. The van der Waals surface area contributed by atoms with Crippen LogP contribution in [0.1, 0.15) is 12.5 Å². The molecule has 0 heterocycles. The van der Waals surface area contributed by atoms with E-state index in [-0.39, 0.29) is 6.10 Å². The number of benzene rings is 1. The summed E-state index contributed by atoms with van der Waals surface area (Å²) >= 11 is 0. The zero-order valence-corrected chi connectivity index (χ0v) is 8.95. The van der Waals surface area contributed by atoms with Crippen LogP contribution in [0, 0.1) is 11.3 Å². The Morgan fingerprint density at radius 3 is 2.93 bits per heavy atom.